The van der Waals surface area contributed by atoms with Gasteiger partial charge in [-0.2, -0.15) is 4.39 Å². The molecule has 4 heteroatoms. The summed E-state index contributed by atoms with van der Waals surface area (Å²) in [5.41, 5.74) is -0.430. The van der Waals surface area contributed by atoms with Crippen LogP contribution in [0.5, 0.6) is 5.75 Å². The van der Waals surface area contributed by atoms with Gasteiger partial charge in [0, 0.05) is 11.6 Å². The van der Waals surface area contributed by atoms with Gasteiger partial charge in [-0.1, -0.05) is 0 Å². The number of aromatic hydroxyl groups is 1. The fraction of sp³-hybridized carbons (Fsp3) is 0.143. The van der Waals surface area contributed by atoms with Crippen LogP contribution in [0, 0.1) is 24.4 Å². The van der Waals surface area contributed by atoms with Crippen LogP contribution in [-0.4, -0.2) is 5.11 Å². The highest BCUT2D eigenvalue weighted by molar-refractivity contribution is 5.30. The lowest BCUT2D eigenvalue weighted by Crippen LogP contribution is -1.93. The van der Waals surface area contributed by atoms with Crippen molar-refractivity contribution in [3.63, 3.8) is 0 Å². The number of phenols is 1. The summed E-state index contributed by atoms with van der Waals surface area (Å²) >= 11 is 0. The van der Waals surface area contributed by atoms with E-state index < -0.39 is 28.8 Å². The van der Waals surface area contributed by atoms with Crippen LogP contribution in [0.15, 0.2) is 6.07 Å². The summed E-state index contributed by atoms with van der Waals surface area (Å²) in [4.78, 5) is 0. The first-order chi connectivity index (χ1) is 5.04. The summed E-state index contributed by atoms with van der Waals surface area (Å²) in [6, 6.07) is 0.535. The zero-order chi connectivity index (χ0) is 8.59. The predicted molar refractivity (Wildman–Crippen MR) is 32.7 cm³/mol. The summed E-state index contributed by atoms with van der Waals surface area (Å²) < 4.78 is 37.3. The molecule has 0 saturated heterocycles. The second-order valence-corrected chi connectivity index (χ2v) is 2.13. The maximum absolute atomic E-state index is 12.5. The van der Waals surface area contributed by atoms with E-state index in [2.05, 4.69) is 0 Å². The minimum Gasteiger partial charge on any atom is -0.505 e. The van der Waals surface area contributed by atoms with E-state index in [9.17, 15) is 13.2 Å². The molecule has 11 heavy (non-hydrogen) atoms. The van der Waals surface area contributed by atoms with Crippen molar-refractivity contribution in [3.8, 4) is 5.75 Å². The van der Waals surface area contributed by atoms with Gasteiger partial charge in [-0.3, -0.25) is 0 Å². The molecule has 0 aliphatic rings. The minimum atomic E-state index is -1.41. The average Bonchev–Trinajstić information content (AvgIpc) is 1.97. The molecule has 0 aromatic heterocycles. The van der Waals surface area contributed by atoms with Crippen LogP contribution in [0.25, 0.3) is 0 Å². The SMILES string of the molecule is Cc1c(F)cc(O)c(F)c1F. The van der Waals surface area contributed by atoms with Crippen molar-refractivity contribution < 1.29 is 18.3 Å². The van der Waals surface area contributed by atoms with E-state index in [-0.39, 0.29) is 0 Å². The fourth-order valence-corrected chi connectivity index (χ4v) is 0.674. The Kier molecular flexibility index (Phi) is 1.76. The van der Waals surface area contributed by atoms with Crippen LogP contribution in [0.2, 0.25) is 0 Å². The topological polar surface area (TPSA) is 20.2 Å². The lowest BCUT2D eigenvalue weighted by atomic mass is 10.2. The molecule has 0 radical (unpaired) electrons. The lowest BCUT2D eigenvalue weighted by molar-refractivity contribution is 0.396. The van der Waals surface area contributed by atoms with E-state index in [4.69, 9.17) is 5.11 Å². The summed E-state index contributed by atoms with van der Waals surface area (Å²) in [6.07, 6.45) is 0. The smallest absolute Gasteiger partial charge is 0.200 e. The van der Waals surface area contributed by atoms with Gasteiger partial charge in [0.05, 0.1) is 0 Å². The average molecular weight is 162 g/mol. The Morgan fingerprint density at radius 1 is 1.18 bits per heavy atom. The molecule has 0 bridgehead atoms. The van der Waals surface area contributed by atoms with Crippen molar-refractivity contribution in [2.75, 3.05) is 0 Å². The molecule has 0 aliphatic carbocycles. The molecule has 0 fully saturated rings. The highest BCUT2D eigenvalue weighted by Crippen LogP contribution is 2.23. The first-order valence-corrected chi connectivity index (χ1v) is 2.87. The third-order valence-corrected chi connectivity index (χ3v) is 1.37. The zero-order valence-electron chi connectivity index (χ0n) is 5.66. The molecule has 0 aliphatic heterocycles. The molecule has 0 spiro atoms. The van der Waals surface area contributed by atoms with E-state index in [1.807, 2.05) is 0 Å². The molecule has 1 aromatic rings. The van der Waals surface area contributed by atoms with E-state index >= 15 is 0 Å². The Balaban J connectivity index is 3.46. The Hall–Kier alpha value is -1.19. The van der Waals surface area contributed by atoms with Crippen LogP contribution in [0.3, 0.4) is 0 Å². The van der Waals surface area contributed by atoms with Crippen molar-refractivity contribution in [1.29, 1.82) is 0 Å². The summed E-state index contributed by atoms with van der Waals surface area (Å²) in [6.45, 7) is 1.09. The molecular formula is C7H5F3O. The summed E-state index contributed by atoms with van der Waals surface area (Å²) in [5, 5.41) is 8.55. The first-order valence-electron chi connectivity index (χ1n) is 2.87. The van der Waals surface area contributed by atoms with Gasteiger partial charge in [0.1, 0.15) is 5.82 Å². The van der Waals surface area contributed by atoms with Crippen LogP contribution >= 0.6 is 0 Å². The largest absolute Gasteiger partial charge is 0.505 e. The fourth-order valence-electron chi connectivity index (χ4n) is 0.674. The van der Waals surface area contributed by atoms with Gasteiger partial charge < -0.3 is 5.11 Å². The molecule has 1 N–H and O–H groups in total. The van der Waals surface area contributed by atoms with Crippen molar-refractivity contribution in [2.24, 2.45) is 0 Å². The van der Waals surface area contributed by atoms with Crippen molar-refractivity contribution in [3.05, 3.63) is 29.1 Å². The van der Waals surface area contributed by atoms with Crippen LogP contribution in [0.4, 0.5) is 13.2 Å². The van der Waals surface area contributed by atoms with Gasteiger partial charge >= 0.3 is 0 Å². The Bertz CT molecular complexity index is 270. The van der Waals surface area contributed by atoms with Gasteiger partial charge in [0.2, 0.25) is 5.82 Å². The van der Waals surface area contributed by atoms with E-state index in [0.29, 0.717) is 6.07 Å². The van der Waals surface area contributed by atoms with Gasteiger partial charge in [-0.05, 0) is 6.92 Å². The number of hydrogen-bond acceptors (Lipinski definition) is 1. The number of phenolic OH excluding ortho intramolecular Hbond substituents is 1. The third kappa shape index (κ3) is 1.15. The van der Waals surface area contributed by atoms with Crippen molar-refractivity contribution >= 4 is 0 Å². The number of hydrogen-bond donors (Lipinski definition) is 1. The van der Waals surface area contributed by atoms with Crippen molar-refractivity contribution in [1.82, 2.24) is 0 Å². The standard InChI is InChI=1S/C7H5F3O/c1-3-4(8)2-5(11)7(10)6(3)9/h2,11H,1H3. The number of halogens is 3. The minimum absolute atomic E-state index is 0.430. The quantitative estimate of drug-likeness (QED) is 0.579. The maximum Gasteiger partial charge on any atom is 0.200 e. The predicted octanol–water partition coefficient (Wildman–Crippen LogP) is 2.12. The number of rotatable bonds is 0. The second-order valence-electron chi connectivity index (χ2n) is 2.13. The molecule has 0 heterocycles. The third-order valence-electron chi connectivity index (χ3n) is 1.37. The monoisotopic (exact) mass is 162 g/mol. The zero-order valence-corrected chi connectivity index (χ0v) is 5.66. The van der Waals surface area contributed by atoms with E-state index in [1.165, 1.54) is 0 Å². The molecule has 0 amide bonds. The van der Waals surface area contributed by atoms with Crippen LogP contribution in [0.1, 0.15) is 5.56 Å². The van der Waals surface area contributed by atoms with Gasteiger partial charge in [-0.25, -0.2) is 8.78 Å². The molecule has 0 unspecified atom stereocenters. The molecule has 0 atom stereocenters. The molecule has 1 rings (SSSR count). The Morgan fingerprint density at radius 2 is 1.73 bits per heavy atom. The molecule has 1 aromatic carbocycles. The normalized spacial score (nSPS) is 10.2. The highest BCUT2D eigenvalue weighted by atomic mass is 19.2. The maximum atomic E-state index is 12.5. The van der Waals surface area contributed by atoms with E-state index in [1.54, 1.807) is 0 Å². The van der Waals surface area contributed by atoms with Gasteiger partial charge in [0.25, 0.3) is 0 Å². The van der Waals surface area contributed by atoms with Crippen LogP contribution in [-0.2, 0) is 0 Å². The number of benzene rings is 1. The van der Waals surface area contributed by atoms with Gasteiger partial charge in [0.15, 0.2) is 11.6 Å². The van der Waals surface area contributed by atoms with Crippen LogP contribution < -0.4 is 0 Å². The summed E-state index contributed by atoms with van der Waals surface area (Å²) in [5.74, 6) is -4.72. The summed E-state index contributed by atoms with van der Waals surface area (Å²) in [7, 11) is 0. The van der Waals surface area contributed by atoms with E-state index in [0.717, 1.165) is 6.92 Å². The van der Waals surface area contributed by atoms with Gasteiger partial charge in [-0.15, -0.1) is 0 Å². The lowest BCUT2D eigenvalue weighted by Gasteiger charge is -2.00. The highest BCUT2D eigenvalue weighted by Gasteiger charge is 2.14. The Morgan fingerprint density at radius 3 is 2.27 bits per heavy atom. The molecule has 0 saturated carbocycles. The molecule has 60 valence electrons. The molecule has 1 nitrogen and oxygen atoms in total. The van der Waals surface area contributed by atoms with Crippen molar-refractivity contribution in [2.45, 2.75) is 6.92 Å². The first kappa shape index (κ1) is 7.91. The second kappa shape index (κ2) is 2.45. The molecular weight excluding hydrogens is 157 g/mol. The Labute approximate surface area is 61.1 Å².